The highest BCUT2D eigenvalue weighted by molar-refractivity contribution is 5.99. The Morgan fingerprint density at radius 1 is 1.08 bits per heavy atom. The van der Waals surface area contributed by atoms with E-state index in [0.717, 1.165) is 58.9 Å². The molecule has 1 saturated carbocycles. The number of hydrogen-bond acceptors (Lipinski definition) is 3. The lowest BCUT2D eigenvalue weighted by Gasteiger charge is -2.21. The van der Waals surface area contributed by atoms with Gasteiger partial charge in [0.2, 0.25) is 0 Å². The lowest BCUT2D eigenvalue weighted by molar-refractivity contribution is 0.0937. The second-order valence-corrected chi connectivity index (χ2v) is 7.05. The van der Waals surface area contributed by atoms with Crippen LogP contribution < -0.4 is 5.32 Å². The fourth-order valence-corrected chi connectivity index (χ4v) is 3.59. The number of amides is 1. The van der Waals surface area contributed by atoms with Crippen LogP contribution in [0.1, 0.15) is 34.6 Å². The summed E-state index contributed by atoms with van der Waals surface area (Å²) in [4.78, 5) is 24.5. The molecular formula is C20H18N4O. The summed E-state index contributed by atoms with van der Waals surface area (Å²) in [6.07, 6.45) is 5.92. The van der Waals surface area contributed by atoms with Crippen LogP contribution in [-0.4, -0.2) is 27.4 Å². The average molecular weight is 330 g/mol. The van der Waals surface area contributed by atoms with E-state index in [1.54, 1.807) is 6.20 Å². The number of pyridine rings is 2. The van der Waals surface area contributed by atoms with Gasteiger partial charge in [-0.15, -0.1) is 0 Å². The minimum Gasteiger partial charge on any atom is -0.357 e. The first kappa shape index (κ1) is 14.4. The Bertz CT molecular complexity index is 983. The van der Waals surface area contributed by atoms with Crippen LogP contribution in [0.25, 0.3) is 22.5 Å². The van der Waals surface area contributed by atoms with E-state index >= 15 is 0 Å². The molecule has 0 saturated heterocycles. The Kier molecular flexibility index (Phi) is 2.89. The van der Waals surface area contributed by atoms with Crippen molar-refractivity contribution in [2.24, 2.45) is 0 Å². The number of aromatic nitrogens is 3. The van der Waals surface area contributed by atoms with Crippen LogP contribution in [0.5, 0.6) is 0 Å². The number of carbonyl (C=O) groups excluding carboxylic acids is 1. The summed E-state index contributed by atoms with van der Waals surface area (Å²) in [7, 11) is 0. The fourth-order valence-electron chi connectivity index (χ4n) is 3.59. The van der Waals surface area contributed by atoms with Gasteiger partial charge in [-0.25, -0.2) is 0 Å². The molecule has 0 radical (unpaired) electrons. The highest BCUT2D eigenvalue weighted by Crippen LogP contribution is 2.50. The van der Waals surface area contributed by atoms with Crippen molar-refractivity contribution in [1.29, 1.82) is 0 Å². The van der Waals surface area contributed by atoms with Gasteiger partial charge in [0.1, 0.15) is 0 Å². The van der Waals surface area contributed by atoms with E-state index in [1.807, 2.05) is 43.5 Å². The third-order valence-electron chi connectivity index (χ3n) is 5.31. The molecule has 4 heterocycles. The molecule has 5 rings (SSSR count). The topological polar surface area (TPSA) is 70.7 Å². The van der Waals surface area contributed by atoms with Gasteiger partial charge in [0.15, 0.2) is 0 Å². The third-order valence-corrected chi connectivity index (χ3v) is 5.31. The summed E-state index contributed by atoms with van der Waals surface area (Å²) in [6.45, 7) is 2.71. The lowest BCUT2D eigenvalue weighted by atomic mass is 9.95. The normalized spacial score (nSPS) is 17.2. The number of aromatic amines is 1. The standard InChI is InChI=1S/C20H18N4O/c1-12-2-3-14(10-22-12)16-8-13(4-7-21-16)17-9-15-18(24-17)20(5-6-20)11-23-19(15)25/h2-4,7-10,24H,5-6,11H2,1H3,(H,23,25). The molecule has 1 fully saturated rings. The Morgan fingerprint density at radius 3 is 2.72 bits per heavy atom. The Balaban J connectivity index is 1.57. The summed E-state index contributed by atoms with van der Waals surface area (Å²) < 4.78 is 0. The number of hydrogen-bond donors (Lipinski definition) is 2. The van der Waals surface area contributed by atoms with E-state index in [9.17, 15) is 4.79 Å². The van der Waals surface area contributed by atoms with E-state index in [0.29, 0.717) is 0 Å². The van der Waals surface area contributed by atoms with Crippen molar-refractivity contribution in [3.63, 3.8) is 0 Å². The molecule has 5 heteroatoms. The minimum atomic E-state index is 0.0204. The third kappa shape index (κ3) is 2.27. The SMILES string of the molecule is Cc1ccc(-c2cc(-c3cc4c([nH]3)C3(CC3)CNC4=O)ccn2)cn1. The van der Waals surface area contributed by atoms with Crippen molar-refractivity contribution in [3.05, 3.63) is 59.7 Å². The molecule has 1 aliphatic heterocycles. The maximum absolute atomic E-state index is 12.2. The molecule has 0 aromatic carbocycles. The predicted molar refractivity (Wildman–Crippen MR) is 95.2 cm³/mol. The van der Waals surface area contributed by atoms with E-state index in [2.05, 4.69) is 20.3 Å². The lowest BCUT2D eigenvalue weighted by Crippen LogP contribution is -2.38. The second-order valence-electron chi connectivity index (χ2n) is 7.05. The Morgan fingerprint density at radius 2 is 1.96 bits per heavy atom. The zero-order valence-corrected chi connectivity index (χ0v) is 14.0. The van der Waals surface area contributed by atoms with Crippen LogP contribution >= 0.6 is 0 Å². The zero-order chi connectivity index (χ0) is 17.0. The summed E-state index contributed by atoms with van der Waals surface area (Å²) in [5.74, 6) is 0.0204. The number of rotatable bonds is 2. The summed E-state index contributed by atoms with van der Waals surface area (Å²) in [5.41, 5.74) is 6.87. The van der Waals surface area contributed by atoms with Crippen molar-refractivity contribution in [3.8, 4) is 22.5 Å². The molecule has 1 amide bonds. The highest BCUT2D eigenvalue weighted by atomic mass is 16.1. The van der Waals surface area contributed by atoms with Gasteiger partial charge in [0.25, 0.3) is 5.91 Å². The summed E-state index contributed by atoms with van der Waals surface area (Å²) >= 11 is 0. The van der Waals surface area contributed by atoms with Crippen molar-refractivity contribution in [1.82, 2.24) is 20.3 Å². The van der Waals surface area contributed by atoms with E-state index in [1.165, 1.54) is 0 Å². The molecule has 3 aromatic heterocycles. The first-order valence-electron chi connectivity index (χ1n) is 8.56. The number of carbonyl (C=O) groups is 1. The van der Waals surface area contributed by atoms with Gasteiger partial charge in [-0.1, -0.05) is 0 Å². The van der Waals surface area contributed by atoms with Crippen molar-refractivity contribution < 1.29 is 4.79 Å². The first-order chi connectivity index (χ1) is 12.1. The fraction of sp³-hybridized carbons (Fsp3) is 0.250. The van der Waals surface area contributed by atoms with Crippen molar-refractivity contribution in [2.45, 2.75) is 25.2 Å². The smallest absolute Gasteiger partial charge is 0.253 e. The molecule has 25 heavy (non-hydrogen) atoms. The Labute approximate surface area is 145 Å². The van der Waals surface area contributed by atoms with Gasteiger partial charge in [-0.05, 0) is 50.1 Å². The molecule has 0 unspecified atom stereocenters. The molecule has 0 bridgehead atoms. The van der Waals surface area contributed by atoms with Crippen LogP contribution in [0.4, 0.5) is 0 Å². The molecule has 5 nitrogen and oxygen atoms in total. The summed E-state index contributed by atoms with van der Waals surface area (Å²) in [5, 5.41) is 3.02. The number of fused-ring (bicyclic) bond motifs is 2. The van der Waals surface area contributed by atoms with Crippen LogP contribution in [0.15, 0.2) is 42.7 Å². The molecule has 0 atom stereocenters. The zero-order valence-electron chi connectivity index (χ0n) is 14.0. The van der Waals surface area contributed by atoms with E-state index < -0.39 is 0 Å². The maximum Gasteiger partial charge on any atom is 0.253 e. The molecule has 1 aliphatic carbocycles. The van der Waals surface area contributed by atoms with Crippen LogP contribution in [-0.2, 0) is 5.41 Å². The molecule has 2 aliphatic rings. The number of nitrogens with one attached hydrogen (secondary N) is 2. The highest BCUT2D eigenvalue weighted by Gasteiger charge is 2.50. The number of H-pyrrole nitrogens is 1. The second kappa shape index (κ2) is 5.02. The summed E-state index contributed by atoms with van der Waals surface area (Å²) in [6, 6.07) is 10.00. The minimum absolute atomic E-state index is 0.0204. The van der Waals surface area contributed by atoms with Crippen LogP contribution in [0.3, 0.4) is 0 Å². The van der Waals surface area contributed by atoms with Gasteiger partial charge < -0.3 is 10.3 Å². The average Bonchev–Trinajstić information content (AvgIpc) is 3.26. The van der Waals surface area contributed by atoms with Gasteiger partial charge in [0, 0.05) is 52.6 Å². The monoisotopic (exact) mass is 330 g/mol. The molecule has 2 N–H and O–H groups in total. The molecule has 124 valence electrons. The predicted octanol–water partition coefficient (Wildman–Crippen LogP) is 3.22. The molecule has 1 spiro atoms. The van der Waals surface area contributed by atoms with E-state index in [4.69, 9.17) is 0 Å². The maximum atomic E-state index is 12.2. The largest absolute Gasteiger partial charge is 0.357 e. The number of nitrogens with zero attached hydrogens (tertiary/aromatic N) is 2. The van der Waals surface area contributed by atoms with Crippen molar-refractivity contribution >= 4 is 5.91 Å². The Hall–Kier alpha value is -2.95. The molecular weight excluding hydrogens is 312 g/mol. The van der Waals surface area contributed by atoms with Crippen molar-refractivity contribution in [2.75, 3.05) is 6.54 Å². The van der Waals surface area contributed by atoms with Gasteiger partial charge in [0.05, 0.1) is 11.3 Å². The van der Waals surface area contributed by atoms with Gasteiger partial charge >= 0.3 is 0 Å². The first-order valence-corrected chi connectivity index (χ1v) is 8.56. The van der Waals surface area contributed by atoms with Gasteiger partial charge in [-0.2, -0.15) is 0 Å². The number of aryl methyl sites for hydroxylation is 1. The van der Waals surface area contributed by atoms with Crippen LogP contribution in [0, 0.1) is 6.92 Å². The molecule has 3 aromatic rings. The van der Waals surface area contributed by atoms with Crippen LogP contribution in [0.2, 0.25) is 0 Å². The quantitative estimate of drug-likeness (QED) is 0.758. The van der Waals surface area contributed by atoms with Gasteiger partial charge in [-0.3, -0.25) is 14.8 Å². The van der Waals surface area contributed by atoms with E-state index in [-0.39, 0.29) is 11.3 Å².